The molecule has 1 aliphatic heterocycles. The molecule has 0 unspecified atom stereocenters. The fraction of sp³-hybridized carbons (Fsp3) is 0.100. The van der Waals surface area contributed by atoms with Crippen LogP contribution in [0.25, 0.3) is 16.7 Å². The molecule has 0 aliphatic carbocycles. The van der Waals surface area contributed by atoms with Gasteiger partial charge in [-0.15, -0.1) is 0 Å². The first kappa shape index (κ1) is 8.16. The van der Waals surface area contributed by atoms with Crippen LogP contribution >= 0.6 is 0 Å². The van der Waals surface area contributed by atoms with Crippen molar-refractivity contribution in [3.05, 3.63) is 35.3 Å². The molecule has 1 aliphatic rings. The smallest absolute Gasteiger partial charge is 0.283 e. The number of anilines is 1. The van der Waals surface area contributed by atoms with Gasteiger partial charge in [-0.05, 0) is 12.1 Å². The number of nitrogens with zero attached hydrogens (tertiary/aromatic N) is 3. The topological polar surface area (TPSA) is 59.8 Å². The zero-order chi connectivity index (χ0) is 10.4. The van der Waals surface area contributed by atoms with E-state index < -0.39 is 0 Å². The fourth-order valence-corrected chi connectivity index (χ4v) is 1.73. The van der Waals surface area contributed by atoms with Crippen LogP contribution < -0.4 is 10.9 Å². The third-order valence-corrected chi connectivity index (χ3v) is 2.41. The summed E-state index contributed by atoms with van der Waals surface area (Å²) in [7, 11) is 0. The van der Waals surface area contributed by atoms with Gasteiger partial charge in [-0.2, -0.15) is 4.98 Å². The minimum atomic E-state index is -0.258. The molecule has 0 amide bonds. The van der Waals surface area contributed by atoms with E-state index in [2.05, 4.69) is 21.9 Å². The first-order chi connectivity index (χ1) is 7.27. The maximum Gasteiger partial charge on any atom is 0.283 e. The highest BCUT2D eigenvalue weighted by Crippen LogP contribution is 2.21. The van der Waals surface area contributed by atoms with E-state index in [4.69, 9.17) is 0 Å². The lowest BCUT2D eigenvalue weighted by Crippen LogP contribution is -2.13. The standard InChI is InChI=1S/C10H8N4O/c1-6-5-12-10-13-9(15)7-3-2-4-11-8(7)14(6)10/h2-4H,1,5H2,(H,12,13,15). The molecule has 0 bridgehead atoms. The highest BCUT2D eigenvalue weighted by Gasteiger charge is 2.18. The average Bonchev–Trinajstić information content (AvgIpc) is 2.61. The quantitative estimate of drug-likeness (QED) is 0.679. The van der Waals surface area contributed by atoms with E-state index in [0.717, 1.165) is 5.70 Å². The lowest BCUT2D eigenvalue weighted by molar-refractivity contribution is 1.07. The Labute approximate surface area is 85.1 Å². The second kappa shape index (κ2) is 2.66. The zero-order valence-corrected chi connectivity index (χ0v) is 7.90. The molecular weight excluding hydrogens is 192 g/mol. The Morgan fingerprint density at radius 2 is 2.40 bits per heavy atom. The van der Waals surface area contributed by atoms with Crippen LogP contribution in [-0.2, 0) is 0 Å². The predicted octanol–water partition coefficient (Wildman–Crippen LogP) is 0.688. The van der Waals surface area contributed by atoms with Crippen molar-refractivity contribution in [3.8, 4) is 0 Å². The van der Waals surface area contributed by atoms with Crippen LogP contribution in [0, 0.1) is 0 Å². The van der Waals surface area contributed by atoms with E-state index in [1.165, 1.54) is 0 Å². The maximum absolute atomic E-state index is 11.6. The molecule has 0 atom stereocenters. The molecule has 0 fully saturated rings. The lowest BCUT2D eigenvalue weighted by atomic mass is 10.3. The molecule has 5 nitrogen and oxygen atoms in total. The highest BCUT2D eigenvalue weighted by molar-refractivity contribution is 5.81. The number of fused-ring (bicyclic) bond motifs is 3. The van der Waals surface area contributed by atoms with E-state index in [0.29, 0.717) is 23.5 Å². The lowest BCUT2D eigenvalue weighted by Gasteiger charge is -2.05. The molecule has 0 saturated carbocycles. The van der Waals surface area contributed by atoms with E-state index >= 15 is 0 Å². The van der Waals surface area contributed by atoms with Gasteiger partial charge in [0, 0.05) is 11.9 Å². The van der Waals surface area contributed by atoms with Crippen molar-refractivity contribution in [2.24, 2.45) is 0 Å². The van der Waals surface area contributed by atoms with Gasteiger partial charge in [0.25, 0.3) is 5.56 Å². The Morgan fingerprint density at radius 3 is 3.27 bits per heavy atom. The van der Waals surface area contributed by atoms with Crippen molar-refractivity contribution >= 4 is 22.7 Å². The third kappa shape index (κ3) is 0.999. The van der Waals surface area contributed by atoms with Crippen LogP contribution in [0.4, 0.5) is 5.95 Å². The van der Waals surface area contributed by atoms with Gasteiger partial charge in [0.2, 0.25) is 5.95 Å². The van der Waals surface area contributed by atoms with Crippen molar-refractivity contribution < 1.29 is 0 Å². The second-order valence-electron chi connectivity index (χ2n) is 3.37. The Kier molecular flexibility index (Phi) is 1.45. The summed E-state index contributed by atoms with van der Waals surface area (Å²) in [6.07, 6.45) is 1.65. The molecule has 74 valence electrons. The minimum Gasteiger partial charge on any atom is -0.350 e. The van der Waals surface area contributed by atoms with Gasteiger partial charge < -0.3 is 5.32 Å². The van der Waals surface area contributed by atoms with Crippen molar-refractivity contribution in [2.75, 3.05) is 11.9 Å². The summed E-state index contributed by atoms with van der Waals surface area (Å²) in [6, 6.07) is 3.44. The zero-order valence-electron chi connectivity index (χ0n) is 7.90. The van der Waals surface area contributed by atoms with Crippen molar-refractivity contribution in [3.63, 3.8) is 0 Å². The van der Waals surface area contributed by atoms with Crippen molar-refractivity contribution in [2.45, 2.75) is 0 Å². The van der Waals surface area contributed by atoms with Crippen LogP contribution in [0.5, 0.6) is 0 Å². The summed E-state index contributed by atoms with van der Waals surface area (Å²) >= 11 is 0. The van der Waals surface area contributed by atoms with Crippen LogP contribution in [-0.4, -0.2) is 21.1 Å². The van der Waals surface area contributed by atoms with Gasteiger partial charge in [0.1, 0.15) is 0 Å². The van der Waals surface area contributed by atoms with E-state index in [9.17, 15) is 4.79 Å². The number of aromatic nitrogens is 3. The second-order valence-corrected chi connectivity index (χ2v) is 3.37. The summed E-state index contributed by atoms with van der Waals surface area (Å²) in [5.41, 5.74) is 1.20. The molecule has 3 heterocycles. The van der Waals surface area contributed by atoms with Crippen molar-refractivity contribution in [1.82, 2.24) is 14.5 Å². The van der Waals surface area contributed by atoms with Crippen LogP contribution in [0.15, 0.2) is 29.7 Å². The van der Waals surface area contributed by atoms with Crippen molar-refractivity contribution in [1.29, 1.82) is 0 Å². The number of pyridine rings is 1. The summed E-state index contributed by atoms with van der Waals surface area (Å²) in [6.45, 7) is 4.49. The van der Waals surface area contributed by atoms with Gasteiger partial charge in [0.15, 0.2) is 5.65 Å². The van der Waals surface area contributed by atoms with E-state index in [-0.39, 0.29) is 5.56 Å². The number of hydrogen-bond donors (Lipinski definition) is 1. The van der Waals surface area contributed by atoms with Gasteiger partial charge >= 0.3 is 0 Å². The molecule has 0 radical (unpaired) electrons. The van der Waals surface area contributed by atoms with Crippen LogP contribution in [0.1, 0.15) is 0 Å². The first-order valence-electron chi connectivity index (χ1n) is 4.57. The molecule has 0 saturated heterocycles. The summed E-state index contributed by atoms with van der Waals surface area (Å²) in [5.74, 6) is 0.524. The van der Waals surface area contributed by atoms with Gasteiger partial charge in [-0.25, -0.2) is 4.98 Å². The summed E-state index contributed by atoms with van der Waals surface area (Å²) in [5, 5.41) is 3.51. The fourth-order valence-electron chi connectivity index (χ4n) is 1.73. The minimum absolute atomic E-state index is 0.258. The largest absolute Gasteiger partial charge is 0.350 e. The molecule has 0 spiro atoms. The normalized spacial score (nSPS) is 14.0. The number of hydrogen-bond acceptors (Lipinski definition) is 4. The first-order valence-corrected chi connectivity index (χ1v) is 4.57. The Hall–Kier alpha value is -2.17. The summed E-state index contributed by atoms with van der Waals surface area (Å²) in [4.78, 5) is 19.7. The van der Waals surface area contributed by atoms with Crippen LogP contribution in [0.2, 0.25) is 0 Å². The Morgan fingerprint density at radius 1 is 1.53 bits per heavy atom. The molecule has 1 N–H and O–H groups in total. The highest BCUT2D eigenvalue weighted by atomic mass is 16.1. The third-order valence-electron chi connectivity index (χ3n) is 2.41. The Bertz CT molecular complexity index is 629. The van der Waals surface area contributed by atoms with Gasteiger partial charge in [-0.3, -0.25) is 9.36 Å². The van der Waals surface area contributed by atoms with Crippen LogP contribution in [0.3, 0.4) is 0 Å². The summed E-state index contributed by atoms with van der Waals surface area (Å²) < 4.78 is 1.77. The molecule has 2 aromatic rings. The molecular formula is C10H8N4O. The predicted molar refractivity (Wildman–Crippen MR) is 57.6 cm³/mol. The SMILES string of the molecule is C=C1CNc2nc(=O)c3cccnc3n21. The van der Waals surface area contributed by atoms with Gasteiger partial charge in [0.05, 0.1) is 11.9 Å². The maximum atomic E-state index is 11.6. The molecule has 2 aromatic heterocycles. The Balaban J connectivity index is 2.56. The average molecular weight is 200 g/mol. The monoisotopic (exact) mass is 200 g/mol. The molecule has 0 aromatic carbocycles. The molecule has 15 heavy (non-hydrogen) atoms. The molecule has 5 heteroatoms. The van der Waals surface area contributed by atoms with E-state index in [1.54, 1.807) is 22.9 Å². The van der Waals surface area contributed by atoms with E-state index in [1.807, 2.05) is 0 Å². The van der Waals surface area contributed by atoms with Gasteiger partial charge in [-0.1, -0.05) is 6.58 Å². The number of nitrogens with one attached hydrogen (secondary N) is 1. The molecule has 3 rings (SSSR count). The number of rotatable bonds is 0.